The molecule has 0 aliphatic carbocycles. The highest BCUT2D eigenvalue weighted by atomic mass is 35.5. The van der Waals surface area contributed by atoms with Crippen molar-refractivity contribution in [3.63, 3.8) is 0 Å². The summed E-state index contributed by atoms with van der Waals surface area (Å²) in [6.45, 7) is 8.30. The summed E-state index contributed by atoms with van der Waals surface area (Å²) >= 11 is 6.33. The lowest BCUT2D eigenvalue weighted by Gasteiger charge is -2.33. The fourth-order valence-electron chi connectivity index (χ4n) is 3.74. The summed E-state index contributed by atoms with van der Waals surface area (Å²) < 4.78 is 0. The minimum atomic E-state index is -0.336. The molecule has 29 heavy (non-hydrogen) atoms. The number of anilines is 1. The van der Waals surface area contributed by atoms with Gasteiger partial charge in [-0.2, -0.15) is 5.26 Å². The predicted molar refractivity (Wildman–Crippen MR) is 118 cm³/mol. The van der Waals surface area contributed by atoms with Crippen molar-refractivity contribution < 1.29 is 4.79 Å². The van der Waals surface area contributed by atoms with Crippen molar-refractivity contribution in [3.8, 4) is 6.07 Å². The third kappa shape index (κ3) is 4.74. The van der Waals surface area contributed by atoms with Crippen LogP contribution < -0.4 is 4.90 Å². The highest BCUT2D eigenvalue weighted by molar-refractivity contribution is 6.32. The number of hydrogen-bond acceptors (Lipinski definition) is 3. The zero-order valence-corrected chi connectivity index (χ0v) is 18.1. The van der Waals surface area contributed by atoms with E-state index in [1.165, 1.54) is 5.56 Å². The molecule has 2 aromatic rings. The Bertz CT molecular complexity index is 904. The van der Waals surface area contributed by atoms with Crippen LogP contribution in [0.4, 0.5) is 5.69 Å². The Kier molecular flexibility index (Phi) is 6.49. The number of rotatable bonds is 6. The van der Waals surface area contributed by atoms with Crippen molar-refractivity contribution in [1.82, 2.24) is 4.90 Å². The molecule has 3 rings (SSSR count). The van der Waals surface area contributed by atoms with Crippen molar-refractivity contribution in [2.45, 2.75) is 46.2 Å². The maximum atomic E-state index is 12.9. The molecule has 0 saturated carbocycles. The molecule has 4 nitrogen and oxygen atoms in total. The highest BCUT2D eigenvalue weighted by Crippen LogP contribution is 2.31. The zero-order chi connectivity index (χ0) is 21.0. The number of carbonyl (C=O) groups is 1. The summed E-state index contributed by atoms with van der Waals surface area (Å²) in [5.41, 5.74) is 2.32. The first-order chi connectivity index (χ1) is 13.9. The summed E-state index contributed by atoms with van der Waals surface area (Å²) in [6, 6.07) is 18.2. The van der Waals surface area contributed by atoms with E-state index in [9.17, 15) is 10.1 Å². The fraction of sp³-hybridized carbons (Fsp3) is 0.417. The second kappa shape index (κ2) is 8.88. The average Bonchev–Trinajstić information content (AvgIpc) is 3.21. The van der Waals surface area contributed by atoms with E-state index in [1.54, 1.807) is 6.07 Å². The van der Waals surface area contributed by atoms with Crippen molar-refractivity contribution in [1.29, 1.82) is 5.26 Å². The summed E-state index contributed by atoms with van der Waals surface area (Å²) in [7, 11) is 0. The maximum absolute atomic E-state index is 12.9. The quantitative estimate of drug-likeness (QED) is 0.654. The molecule has 0 bridgehead atoms. The summed E-state index contributed by atoms with van der Waals surface area (Å²) in [5.74, 6) is 0.222. The number of likely N-dealkylation sites (tertiary alicyclic amines) is 1. The fourth-order valence-corrected chi connectivity index (χ4v) is 3.96. The van der Waals surface area contributed by atoms with Gasteiger partial charge in [0.1, 0.15) is 6.07 Å². The number of amides is 1. The molecule has 1 aliphatic heterocycles. The molecule has 0 N–H and O–H groups in total. The van der Waals surface area contributed by atoms with Crippen LogP contribution in [0.15, 0.2) is 48.5 Å². The lowest BCUT2D eigenvalue weighted by atomic mass is 9.88. The van der Waals surface area contributed by atoms with Crippen LogP contribution in [0.25, 0.3) is 0 Å². The first-order valence-electron chi connectivity index (χ1n) is 10.2. The van der Waals surface area contributed by atoms with E-state index in [4.69, 9.17) is 11.6 Å². The Morgan fingerprint density at radius 1 is 1.28 bits per heavy atom. The van der Waals surface area contributed by atoms with Gasteiger partial charge in [0.25, 0.3) is 0 Å². The van der Waals surface area contributed by atoms with Gasteiger partial charge in [-0.3, -0.25) is 4.79 Å². The van der Waals surface area contributed by atoms with Gasteiger partial charge in [0.05, 0.1) is 10.6 Å². The lowest BCUT2D eigenvalue weighted by Crippen LogP contribution is -2.42. The first kappa shape index (κ1) is 21.2. The molecule has 0 unspecified atom stereocenters. The third-order valence-corrected chi connectivity index (χ3v) is 6.27. The average molecular weight is 410 g/mol. The zero-order valence-electron chi connectivity index (χ0n) is 17.4. The largest absolute Gasteiger partial charge is 0.362 e. The van der Waals surface area contributed by atoms with Gasteiger partial charge in [0.2, 0.25) is 5.91 Å². The molecular formula is C24H28ClN3O. The van der Waals surface area contributed by atoms with Crippen LogP contribution >= 0.6 is 11.6 Å². The van der Waals surface area contributed by atoms with Crippen LogP contribution in [0.1, 0.15) is 44.7 Å². The van der Waals surface area contributed by atoms with Gasteiger partial charge in [-0.1, -0.05) is 62.7 Å². The Balaban J connectivity index is 1.87. The molecule has 152 valence electrons. The van der Waals surface area contributed by atoms with Crippen LogP contribution in [0.5, 0.6) is 0 Å². The second-order valence-corrected chi connectivity index (χ2v) is 8.73. The van der Waals surface area contributed by atoms with Crippen LogP contribution in [0, 0.1) is 16.7 Å². The number of carbonyl (C=O) groups excluding carboxylic acids is 1. The molecule has 0 radical (unpaired) electrons. The van der Waals surface area contributed by atoms with E-state index in [0.717, 1.165) is 31.6 Å². The topological polar surface area (TPSA) is 47.3 Å². The van der Waals surface area contributed by atoms with Gasteiger partial charge in [0.15, 0.2) is 0 Å². The monoisotopic (exact) mass is 409 g/mol. The van der Waals surface area contributed by atoms with Crippen molar-refractivity contribution in [2.75, 3.05) is 18.0 Å². The Morgan fingerprint density at radius 3 is 2.62 bits per heavy atom. The molecule has 0 spiro atoms. The van der Waals surface area contributed by atoms with Gasteiger partial charge in [-0.15, -0.1) is 0 Å². The third-order valence-electron chi connectivity index (χ3n) is 5.95. The molecule has 5 heteroatoms. The molecule has 1 saturated heterocycles. The number of halogens is 1. The van der Waals surface area contributed by atoms with Crippen LogP contribution in [0.2, 0.25) is 5.02 Å². The van der Waals surface area contributed by atoms with Gasteiger partial charge in [0, 0.05) is 36.8 Å². The Labute approximate surface area is 178 Å². The lowest BCUT2D eigenvalue weighted by molar-refractivity contribution is -0.139. The number of nitriles is 1. The van der Waals surface area contributed by atoms with E-state index < -0.39 is 0 Å². The van der Waals surface area contributed by atoms with Crippen LogP contribution in [0.3, 0.4) is 0 Å². The molecule has 1 amide bonds. The number of benzene rings is 2. The van der Waals surface area contributed by atoms with E-state index >= 15 is 0 Å². The van der Waals surface area contributed by atoms with E-state index in [1.807, 2.05) is 49.1 Å². The van der Waals surface area contributed by atoms with E-state index in [0.29, 0.717) is 17.1 Å². The summed E-state index contributed by atoms with van der Waals surface area (Å²) in [6.07, 6.45) is 1.74. The van der Waals surface area contributed by atoms with E-state index in [2.05, 4.69) is 30.0 Å². The number of nitrogens with zero attached hydrogens (tertiary/aromatic N) is 3. The molecule has 1 aliphatic rings. The van der Waals surface area contributed by atoms with Crippen molar-refractivity contribution >= 4 is 23.2 Å². The first-order valence-corrected chi connectivity index (χ1v) is 10.5. The molecule has 1 atom stereocenters. The van der Waals surface area contributed by atoms with Gasteiger partial charge in [-0.05, 0) is 36.6 Å². The molecular weight excluding hydrogens is 382 g/mol. The predicted octanol–water partition coefficient (Wildman–Crippen LogP) is 5.26. The minimum Gasteiger partial charge on any atom is -0.362 e. The van der Waals surface area contributed by atoms with Crippen LogP contribution in [-0.2, 0) is 11.3 Å². The maximum Gasteiger partial charge on any atom is 0.228 e. The van der Waals surface area contributed by atoms with Gasteiger partial charge >= 0.3 is 0 Å². The highest BCUT2D eigenvalue weighted by Gasteiger charge is 2.36. The Morgan fingerprint density at radius 2 is 2.00 bits per heavy atom. The van der Waals surface area contributed by atoms with Crippen LogP contribution in [-0.4, -0.2) is 29.9 Å². The SMILES string of the molecule is CCC(C)(C)C(=O)N1CC[C@H](N(Cc2ccccc2)c2ccc(C#N)c(Cl)c2)C1. The minimum absolute atomic E-state index is 0.204. The van der Waals surface area contributed by atoms with Crippen molar-refractivity contribution in [3.05, 3.63) is 64.7 Å². The molecule has 1 heterocycles. The second-order valence-electron chi connectivity index (χ2n) is 8.32. The molecule has 0 aromatic heterocycles. The summed E-state index contributed by atoms with van der Waals surface area (Å²) in [5, 5.41) is 9.66. The summed E-state index contributed by atoms with van der Waals surface area (Å²) in [4.78, 5) is 17.3. The normalized spacial score (nSPS) is 16.5. The van der Waals surface area contributed by atoms with E-state index in [-0.39, 0.29) is 17.4 Å². The molecule has 2 aromatic carbocycles. The standard InChI is InChI=1S/C24H28ClN3O/c1-4-24(2,3)23(29)27-13-12-21(17-27)28(16-18-8-6-5-7-9-18)20-11-10-19(15-26)22(25)14-20/h5-11,14,21H,4,12-13,16-17H2,1-3H3/t21-/m0/s1. The van der Waals surface area contributed by atoms with Gasteiger partial charge < -0.3 is 9.80 Å². The molecule has 1 fully saturated rings. The smallest absolute Gasteiger partial charge is 0.228 e. The number of hydrogen-bond donors (Lipinski definition) is 0. The van der Waals surface area contributed by atoms with Gasteiger partial charge in [-0.25, -0.2) is 0 Å². The Hall–Kier alpha value is -2.51. The van der Waals surface area contributed by atoms with Crippen molar-refractivity contribution in [2.24, 2.45) is 5.41 Å².